The number of amides is 1. The second-order valence-corrected chi connectivity index (χ2v) is 8.24. The van der Waals surface area contributed by atoms with Gasteiger partial charge in [0.2, 0.25) is 0 Å². The van der Waals surface area contributed by atoms with Gasteiger partial charge in [0.25, 0.3) is 5.91 Å². The normalized spacial score (nSPS) is 12.0. The van der Waals surface area contributed by atoms with Crippen molar-refractivity contribution < 1.29 is 9.53 Å². The number of nitrogens with one attached hydrogen (secondary N) is 2. The van der Waals surface area contributed by atoms with Gasteiger partial charge in [0.1, 0.15) is 5.75 Å². The predicted octanol–water partition coefficient (Wildman–Crippen LogP) is 5.25. The van der Waals surface area contributed by atoms with Crippen LogP contribution in [-0.4, -0.2) is 43.5 Å². The fourth-order valence-electron chi connectivity index (χ4n) is 3.24. The Kier molecular flexibility index (Phi) is 12.9. The van der Waals surface area contributed by atoms with E-state index in [1.54, 1.807) is 7.05 Å². The Balaban J connectivity index is 0.00000544. The van der Waals surface area contributed by atoms with E-state index in [2.05, 4.69) is 48.5 Å². The van der Waals surface area contributed by atoms with E-state index in [4.69, 9.17) is 4.74 Å². The van der Waals surface area contributed by atoms with Gasteiger partial charge in [0.05, 0.1) is 12.6 Å². The molecule has 0 bridgehead atoms. The number of ether oxygens (including phenoxy) is 1. The first-order valence-corrected chi connectivity index (χ1v) is 11.5. The van der Waals surface area contributed by atoms with Gasteiger partial charge in [-0.1, -0.05) is 38.1 Å². The highest BCUT2D eigenvalue weighted by atomic mass is 127. The molecule has 2 rings (SSSR count). The molecular weight excluding hydrogens is 527 g/mol. The zero-order chi connectivity index (χ0) is 23.5. The van der Waals surface area contributed by atoms with Gasteiger partial charge in [-0.25, -0.2) is 0 Å². The Morgan fingerprint density at radius 2 is 1.61 bits per heavy atom. The fraction of sp³-hybridized carbons (Fsp3) is 0.462. The van der Waals surface area contributed by atoms with E-state index in [0.717, 1.165) is 28.4 Å². The van der Waals surface area contributed by atoms with Crippen LogP contribution in [0.4, 0.5) is 0 Å². The minimum absolute atomic E-state index is 0. The largest absolute Gasteiger partial charge is 0.493 e. The van der Waals surface area contributed by atoms with Gasteiger partial charge in [-0.15, -0.1) is 24.0 Å². The molecule has 1 atom stereocenters. The summed E-state index contributed by atoms with van der Waals surface area (Å²) in [5, 5.41) is 6.76. The van der Waals surface area contributed by atoms with Crippen molar-refractivity contribution in [2.75, 3.05) is 26.7 Å². The van der Waals surface area contributed by atoms with Gasteiger partial charge < -0.3 is 20.3 Å². The number of hydrogen-bond acceptors (Lipinski definition) is 3. The standard InChI is InChI=1S/C26H38N4O2.HI/c1-7-30(8-2)25(31)23-11-9-21(10-12-23)17-28-26(27-6)29-20(5)22-13-15-24(16-14-22)32-18-19(3)4;/h9-16,19-20H,7-8,17-18H2,1-6H3,(H2,27,28,29);1H. The first-order valence-electron chi connectivity index (χ1n) is 11.5. The molecule has 0 aliphatic rings. The van der Waals surface area contributed by atoms with E-state index in [-0.39, 0.29) is 35.9 Å². The van der Waals surface area contributed by atoms with Crippen molar-refractivity contribution in [1.29, 1.82) is 0 Å². The summed E-state index contributed by atoms with van der Waals surface area (Å²) in [5.74, 6) is 2.19. The molecule has 0 fully saturated rings. The third kappa shape index (κ3) is 9.23. The van der Waals surface area contributed by atoms with E-state index in [1.807, 2.05) is 55.1 Å². The Morgan fingerprint density at radius 3 is 2.12 bits per heavy atom. The van der Waals surface area contributed by atoms with E-state index >= 15 is 0 Å². The van der Waals surface area contributed by atoms with Crippen LogP contribution in [-0.2, 0) is 6.54 Å². The minimum atomic E-state index is 0. The molecule has 6 nitrogen and oxygen atoms in total. The lowest BCUT2D eigenvalue weighted by Gasteiger charge is -2.19. The summed E-state index contributed by atoms with van der Waals surface area (Å²) in [6.07, 6.45) is 0. The van der Waals surface area contributed by atoms with Crippen molar-refractivity contribution in [3.63, 3.8) is 0 Å². The number of aliphatic imine (C=N–C) groups is 1. The smallest absolute Gasteiger partial charge is 0.253 e. The first-order chi connectivity index (χ1) is 15.4. The maximum absolute atomic E-state index is 12.4. The minimum Gasteiger partial charge on any atom is -0.493 e. The van der Waals surface area contributed by atoms with Gasteiger partial charge in [0.15, 0.2) is 5.96 Å². The molecule has 0 aliphatic carbocycles. The van der Waals surface area contributed by atoms with Gasteiger partial charge >= 0.3 is 0 Å². The number of carbonyl (C=O) groups is 1. The van der Waals surface area contributed by atoms with Crippen LogP contribution in [0.3, 0.4) is 0 Å². The number of rotatable bonds is 10. The summed E-state index contributed by atoms with van der Waals surface area (Å²) in [6.45, 7) is 13.1. The molecule has 0 radical (unpaired) electrons. The molecule has 0 spiro atoms. The van der Waals surface area contributed by atoms with Gasteiger partial charge in [0, 0.05) is 32.2 Å². The third-order valence-electron chi connectivity index (χ3n) is 5.25. The van der Waals surface area contributed by atoms with Crippen LogP contribution in [0.5, 0.6) is 5.75 Å². The lowest BCUT2D eigenvalue weighted by Crippen LogP contribution is -2.38. The molecule has 2 aromatic carbocycles. The third-order valence-corrected chi connectivity index (χ3v) is 5.25. The summed E-state index contributed by atoms with van der Waals surface area (Å²) in [4.78, 5) is 18.6. The molecule has 0 aromatic heterocycles. The average Bonchev–Trinajstić information content (AvgIpc) is 2.81. The van der Waals surface area contributed by atoms with Gasteiger partial charge in [-0.2, -0.15) is 0 Å². The lowest BCUT2D eigenvalue weighted by molar-refractivity contribution is 0.0773. The van der Waals surface area contributed by atoms with Crippen molar-refractivity contribution in [1.82, 2.24) is 15.5 Å². The molecule has 0 saturated carbocycles. The summed E-state index contributed by atoms with van der Waals surface area (Å²) in [5.41, 5.74) is 2.96. The molecule has 1 amide bonds. The summed E-state index contributed by atoms with van der Waals surface area (Å²) >= 11 is 0. The predicted molar refractivity (Wildman–Crippen MR) is 148 cm³/mol. The number of nitrogens with zero attached hydrogens (tertiary/aromatic N) is 2. The molecule has 182 valence electrons. The van der Waals surface area contributed by atoms with Crippen molar-refractivity contribution in [2.45, 2.75) is 47.2 Å². The van der Waals surface area contributed by atoms with Crippen LogP contribution in [0, 0.1) is 5.92 Å². The zero-order valence-corrected chi connectivity index (χ0v) is 23.1. The SMILES string of the molecule is CCN(CC)C(=O)c1ccc(CNC(=NC)NC(C)c2ccc(OCC(C)C)cc2)cc1.I. The van der Waals surface area contributed by atoms with Crippen molar-refractivity contribution in [3.05, 3.63) is 65.2 Å². The average molecular weight is 567 g/mol. The molecular formula is C26H39IN4O2. The quantitative estimate of drug-likeness (QED) is 0.234. The maximum Gasteiger partial charge on any atom is 0.253 e. The Bertz CT molecular complexity index is 863. The van der Waals surface area contributed by atoms with Crippen molar-refractivity contribution >= 4 is 35.8 Å². The highest BCUT2D eigenvalue weighted by molar-refractivity contribution is 14.0. The molecule has 33 heavy (non-hydrogen) atoms. The molecule has 2 N–H and O–H groups in total. The Labute approximate surface area is 216 Å². The number of carbonyl (C=O) groups excluding carboxylic acids is 1. The number of hydrogen-bond donors (Lipinski definition) is 2. The van der Waals surface area contributed by atoms with E-state index in [9.17, 15) is 4.79 Å². The van der Waals surface area contributed by atoms with Crippen LogP contribution in [0.1, 0.15) is 62.1 Å². The topological polar surface area (TPSA) is 66.0 Å². The van der Waals surface area contributed by atoms with E-state index in [1.165, 1.54) is 0 Å². The van der Waals surface area contributed by atoms with Crippen molar-refractivity contribution in [2.24, 2.45) is 10.9 Å². The summed E-state index contributed by atoms with van der Waals surface area (Å²) < 4.78 is 5.76. The molecule has 0 aliphatic heterocycles. The fourth-order valence-corrected chi connectivity index (χ4v) is 3.24. The van der Waals surface area contributed by atoms with Crippen LogP contribution in [0.25, 0.3) is 0 Å². The number of guanidine groups is 1. The monoisotopic (exact) mass is 566 g/mol. The second kappa shape index (κ2) is 14.8. The van der Waals surface area contributed by atoms with E-state index < -0.39 is 0 Å². The lowest BCUT2D eigenvalue weighted by atomic mass is 10.1. The number of halogens is 1. The summed E-state index contributed by atoms with van der Waals surface area (Å²) in [6, 6.07) is 16.0. The van der Waals surface area contributed by atoms with Crippen LogP contribution in [0.2, 0.25) is 0 Å². The maximum atomic E-state index is 12.4. The van der Waals surface area contributed by atoms with Crippen LogP contribution >= 0.6 is 24.0 Å². The molecule has 0 saturated heterocycles. The Hall–Kier alpha value is -2.29. The highest BCUT2D eigenvalue weighted by Gasteiger charge is 2.12. The van der Waals surface area contributed by atoms with Crippen LogP contribution < -0.4 is 15.4 Å². The summed E-state index contributed by atoms with van der Waals surface area (Å²) in [7, 11) is 1.76. The highest BCUT2D eigenvalue weighted by Crippen LogP contribution is 2.18. The second-order valence-electron chi connectivity index (χ2n) is 8.24. The molecule has 7 heteroatoms. The number of benzene rings is 2. The van der Waals surface area contributed by atoms with Crippen LogP contribution in [0.15, 0.2) is 53.5 Å². The van der Waals surface area contributed by atoms with Gasteiger partial charge in [-0.05, 0) is 62.1 Å². The molecule has 2 aromatic rings. The van der Waals surface area contributed by atoms with E-state index in [0.29, 0.717) is 32.2 Å². The molecule has 0 heterocycles. The van der Waals surface area contributed by atoms with Gasteiger partial charge in [-0.3, -0.25) is 9.79 Å². The first kappa shape index (κ1) is 28.7. The molecule has 1 unspecified atom stereocenters. The Morgan fingerprint density at radius 1 is 1.00 bits per heavy atom. The van der Waals surface area contributed by atoms with Crippen molar-refractivity contribution in [3.8, 4) is 5.75 Å². The zero-order valence-electron chi connectivity index (χ0n) is 20.7.